The molecular formula is C18H18N4O3S. The summed E-state index contributed by atoms with van der Waals surface area (Å²) in [6, 6.07) is 9.60. The third-order valence-electron chi connectivity index (χ3n) is 4.14. The van der Waals surface area contributed by atoms with E-state index in [0.29, 0.717) is 27.2 Å². The van der Waals surface area contributed by atoms with Crippen LogP contribution in [0.3, 0.4) is 0 Å². The Labute approximate surface area is 153 Å². The summed E-state index contributed by atoms with van der Waals surface area (Å²) in [5.41, 5.74) is 6.50. The number of likely N-dealkylation sites (N-methyl/N-ethyl adjacent to an activating group) is 1. The topological polar surface area (TPSA) is 98.3 Å². The van der Waals surface area contributed by atoms with Gasteiger partial charge in [0, 0.05) is 13.6 Å². The summed E-state index contributed by atoms with van der Waals surface area (Å²) in [5.74, 6) is -0.796. The van der Waals surface area contributed by atoms with Gasteiger partial charge in [0.1, 0.15) is 11.4 Å². The van der Waals surface area contributed by atoms with Crippen molar-refractivity contribution in [3.63, 3.8) is 0 Å². The molecule has 134 valence electrons. The normalized spacial score (nSPS) is 10.8. The highest BCUT2D eigenvalue weighted by atomic mass is 32.1. The average molecular weight is 370 g/mol. The predicted molar refractivity (Wildman–Crippen MR) is 100 cm³/mol. The molecule has 0 atom stereocenters. The van der Waals surface area contributed by atoms with Crippen molar-refractivity contribution in [2.45, 2.75) is 20.0 Å². The SMILES string of the molecule is Cc1c(C(N)=O)sc2ncn(CC(=O)N(C)Cc3ccccc3)c(=O)c12. The number of hydrogen-bond donors (Lipinski definition) is 1. The molecule has 2 heterocycles. The van der Waals surface area contributed by atoms with Gasteiger partial charge in [-0.05, 0) is 18.1 Å². The largest absolute Gasteiger partial charge is 0.365 e. The summed E-state index contributed by atoms with van der Waals surface area (Å²) in [7, 11) is 1.69. The first-order chi connectivity index (χ1) is 12.4. The van der Waals surface area contributed by atoms with Gasteiger partial charge in [0.05, 0.1) is 16.6 Å². The molecule has 2 aromatic heterocycles. The molecular weight excluding hydrogens is 352 g/mol. The second-order valence-corrected chi connectivity index (χ2v) is 7.01. The van der Waals surface area contributed by atoms with Crippen LogP contribution in [0, 0.1) is 6.92 Å². The van der Waals surface area contributed by atoms with E-state index in [1.807, 2.05) is 30.3 Å². The Hall–Kier alpha value is -3.00. The van der Waals surface area contributed by atoms with Crippen LogP contribution in [-0.2, 0) is 17.9 Å². The molecule has 0 radical (unpaired) electrons. The Bertz CT molecular complexity index is 1040. The monoisotopic (exact) mass is 370 g/mol. The lowest BCUT2D eigenvalue weighted by atomic mass is 10.2. The molecule has 26 heavy (non-hydrogen) atoms. The second-order valence-electron chi connectivity index (χ2n) is 6.01. The number of rotatable bonds is 5. The standard InChI is InChI=1S/C18H18N4O3S/c1-11-14-17(26-15(11)16(19)24)20-10-22(18(14)25)9-13(23)21(2)8-12-6-4-3-5-7-12/h3-7,10H,8-9H2,1-2H3,(H2,19,24). The zero-order valence-corrected chi connectivity index (χ0v) is 15.2. The van der Waals surface area contributed by atoms with Crippen LogP contribution in [0.15, 0.2) is 41.5 Å². The number of amides is 2. The molecule has 7 nitrogen and oxygen atoms in total. The Morgan fingerprint density at radius 2 is 1.96 bits per heavy atom. The van der Waals surface area contributed by atoms with Gasteiger partial charge in [-0.25, -0.2) is 4.98 Å². The van der Waals surface area contributed by atoms with E-state index in [4.69, 9.17) is 5.73 Å². The van der Waals surface area contributed by atoms with Gasteiger partial charge in [0.25, 0.3) is 11.5 Å². The van der Waals surface area contributed by atoms with Crippen molar-refractivity contribution in [3.05, 3.63) is 63.0 Å². The zero-order chi connectivity index (χ0) is 18.8. The summed E-state index contributed by atoms with van der Waals surface area (Å²) in [5, 5.41) is 0.338. The minimum Gasteiger partial charge on any atom is -0.365 e. The molecule has 3 rings (SSSR count). The van der Waals surface area contributed by atoms with Gasteiger partial charge in [-0.2, -0.15) is 0 Å². The number of fused-ring (bicyclic) bond motifs is 1. The maximum atomic E-state index is 12.7. The van der Waals surface area contributed by atoms with Crippen LogP contribution in [0.25, 0.3) is 10.2 Å². The lowest BCUT2D eigenvalue weighted by Gasteiger charge is -2.17. The number of aromatic nitrogens is 2. The number of hydrogen-bond acceptors (Lipinski definition) is 5. The molecule has 0 spiro atoms. The Kier molecular flexibility index (Phi) is 4.85. The van der Waals surface area contributed by atoms with Crippen LogP contribution in [0.1, 0.15) is 20.8 Å². The molecule has 2 N–H and O–H groups in total. The fraction of sp³-hybridized carbons (Fsp3) is 0.222. The highest BCUT2D eigenvalue weighted by Crippen LogP contribution is 2.26. The van der Waals surface area contributed by atoms with Crippen LogP contribution in [0.2, 0.25) is 0 Å². The van der Waals surface area contributed by atoms with Crippen LogP contribution in [0.4, 0.5) is 0 Å². The van der Waals surface area contributed by atoms with E-state index in [2.05, 4.69) is 4.98 Å². The fourth-order valence-corrected chi connectivity index (χ4v) is 3.71. The summed E-state index contributed by atoms with van der Waals surface area (Å²) >= 11 is 1.09. The molecule has 0 saturated carbocycles. The Balaban J connectivity index is 1.85. The first-order valence-electron chi connectivity index (χ1n) is 7.94. The van der Waals surface area contributed by atoms with Gasteiger partial charge in [0.2, 0.25) is 5.91 Å². The number of nitrogens with two attached hydrogens (primary N) is 1. The minimum atomic E-state index is -0.588. The van der Waals surface area contributed by atoms with Crippen molar-refractivity contribution in [1.29, 1.82) is 0 Å². The van der Waals surface area contributed by atoms with Crippen molar-refractivity contribution in [1.82, 2.24) is 14.5 Å². The summed E-state index contributed by atoms with van der Waals surface area (Å²) in [4.78, 5) is 43.2. The quantitative estimate of drug-likeness (QED) is 0.736. The molecule has 0 aliphatic heterocycles. The lowest BCUT2D eigenvalue weighted by molar-refractivity contribution is -0.131. The number of primary amides is 1. The first-order valence-corrected chi connectivity index (χ1v) is 8.76. The van der Waals surface area contributed by atoms with E-state index in [0.717, 1.165) is 16.9 Å². The van der Waals surface area contributed by atoms with Crippen LogP contribution in [-0.4, -0.2) is 33.3 Å². The molecule has 8 heteroatoms. The number of aryl methyl sites for hydroxylation is 1. The van der Waals surface area contributed by atoms with Gasteiger partial charge in [-0.15, -0.1) is 11.3 Å². The number of nitrogens with zero attached hydrogens (tertiary/aromatic N) is 3. The van der Waals surface area contributed by atoms with Crippen LogP contribution < -0.4 is 11.3 Å². The lowest BCUT2D eigenvalue weighted by Crippen LogP contribution is -2.33. The van der Waals surface area contributed by atoms with E-state index in [1.54, 1.807) is 18.9 Å². The summed E-state index contributed by atoms with van der Waals surface area (Å²) in [6.45, 7) is 2.00. The maximum Gasteiger partial charge on any atom is 0.262 e. The highest BCUT2D eigenvalue weighted by Gasteiger charge is 2.19. The van der Waals surface area contributed by atoms with Gasteiger partial charge in [-0.1, -0.05) is 30.3 Å². The third kappa shape index (κ3) is 3.36. The number of carbonyl (C=O) groups excluding carboxylic acids is 2. The Morgan fingerprint density at radius 1 is 1.27 bits per heavy atom. The summed E-state index contributed by atoms with van der Waals surface area (Å²) in [6.07, 6.45) is 1.33. The van der Waals surface area contributed by atoms with E-state index in [9.17, 15) is 14.4 Å². The molecule has 3 aromatic rings. The van der Waals surface area contributed by atoms with Gasteiger partial charge < -0.3 is 10.6 Å². The Morgan fingerprint density at radius 3 is 2.62 bits per heavy atom. The van der Waals surface area contributed by atoms with Gasteiger partial charge in [-0.3, -0.25) is 19.0 Å². The van der Waals surface area contributed by atoms with E-state index in [-0.39, 0.29) is 18.0 Å². The molecule has 0 bridgehead atoms. The van der Waals surface area contributed by atoms with Crippen molar-refractivity contribution >= 4 is 33.4 Å². The maximum absolute atomic E-state index is 12.7. The molecule has 0 aliphatic rings. The third-order valence-corrected chi connectivity index (χ3v) is 5.35. The summed E-state index contributed by atoms with van der Waals surface area (Å²) < 4.78 is 1.26. The van der Waals surface area contributed by atoms with Crippen molar-refractivity contribution in [2.24, 2.45) is 5.73 Å². The fourth-order valence-electron chi connectivity index (χ4n) is 2.72. The van der Waals surface area contributed by atoms with Gasteiger partial charge >= 0.3 is 0 Å². The van der Waals surface area contributed by atoms with Crippen molar-refractivity contribution < 1.29 is 9.59 Å². The van der Waals surface area contributed by atoms with Crippen LogP contribution >= 0.6 is 11.3 Å². The number of thiophene rings is 1. The molecule has 0 saturated heterocycles. The number of benzene rings is 1. The highest BCUT2D eigenvalue weighted by molar-refractivity contribution is 7.20. The van der Waals surface area contributed by atoms with Crippen molar-refractivity contribution in [2.75, 3.05) is 7.05 Å². The van der Waals surface area contributed by atoms with E-state index < -0.39 is 5.91 Å². The first kappa shape index (κ1) is 17.8. The molecule has 0 unspecified atom stereocenters. The van der Waals surface area contributed by atoms with E-state index in [1.165, 1.54) is 10.9 Å². The molecule has 0 fully saturated rings. The van der Waals surface area contributed by atoms with E-state index >= 15 is 0 Å². The zero-order valence-electron chi connectivity index (χ0n) is 14.4. The molecule has 1 aromatic carbocycles. The predicted octanol–water partition coefficient (Wildman–Crippen LogP) is 1.52. The smallest absolute Gasteiger partial charge is 0.262 e. The second kappa shape index (κ2) is 7.09. The molecule has 0 aliphatic carbocycles. The van der Waals surface area contributed by atoms with Gasteiger partial charge in [0.15, 0.2) is 0 Å². The minimum absolute atomic E-state index is 0.119. The number of carbonyl (C=O) groups is 2. The molecule has 2 amide bonds. The average Bonchev–Trinajstić information content (AvgIpc) is 2.96. The van der Waals surface area contributed by atoms with Crippen molar-refractivity contribution in [3.8, 4) is 0 Å². The van der Waals surface area contributed by atoms with Crippen LogP contribution in [0.5, 0.6) is 0 Å².